The van der Waals surface area contributed by atoms with Gasteiger partial charge in [-0.2, -0.15) is 0 Å². The third kappa shape index (κ3) is 1.20. The van der Waals surface area contributed by atoms with Gasteiger partial charge >= 0.3 is 0 Å². The molecule has 0 N–H and O–H groups in total. The highest BCUT2D eigenvalue weighted by Crippen LogP contribution is 2.42. The quantitative estimate of drug-likeness (QED) is 0.660. The number of hydrogen-bond donors (Lipinski definition) is 0. The van der Waals surface area contributed by atoms with Crippen LogP contribution >= 0.6 is 0 Å². The normalized spacial score (nSPS) is 16.1. The van der Waals surface area contributed by atoms with E-state index in [2.05, 4.69) is 30.1 Å². The zero-order chi connectivity index (χ0) is 9.54. The zero-order valence-corrected chi connectivity index (χ0v) is 8.33. The molecule has 0 spiro atoms. The number of fused-ring (bicyclic) bond motifs is 1. The fraction of sp³-hybridized carbons (Fsp3) is 0.308. The fourth-order valence-corrected chi connectivity index (χ4v) is 2.02. The summed E-state index contributed by atoms with van der Waals surface area (Å²) in [5.41, 5.74) is 2.79. The summed E-state index contributed by atoms with van der Waals surface area (Å²) in [5.74, 6) is 0.785. The minimum Gasteiger partial charge on any atom is -0.264 e. The number of rotatable bonds is 1. The van der Waals surface area contributed by atoms with Gasteiger partial charge in [0.2, 0.25) is 0 Å². The van der Waals surface area contributed by atoms with Crippen LogP contribution < -0.4 is 0 Å². The molecule has 0 radical (unpaired) electrons. The summed E-state index contributed by atoms with van der Waals surface area (Å²) in [6, 6.07) is 6.61. The Kier molecular flexibility index (Phi) is 1.60. The average Bonchev–Trinajstić information content (AvgIpc) is 3.00. The van der Waals surface area contributed by atoms with Crippen molar-refractivity contribution < 1.29 is 0 Å². The van der Waals surface area contributed by atoms with Crippen LogP contribution in [-0.4, -0.2) is 4.98 Å². The van der Waals surface area contributed by atoms with Crippen molar-refractivity contribution in [1.29, 1.82) is 0 Å². The van der Waals surface area contributed by atoms with E-state index in [1.807, 2.05) is 12.4 Å². The van der Waals surface area contributed by atoms with E-state index in [-0.39, 0.29) is 0 Å². The topological polar surface area (TPSA) is 12.9 Å². The molecule has 1 fully saturated rings. The van der Waals surface area contributed by atoms with Gasteiger partial charge < -0.3 is 0 Å². The summed E-state index contributed by atoms with van der Waals surface area (Å²) in [6.07, 6.45) is 6.68. The standard InChI is InChI=1S/C13H13N/c1-9-2-3-11-7-14-8-13(10-4-5-10)12(11)6-9/h2-3,6-8,10H,4-5H2,1H3. The average molecular weight is 183 g/mol. The molecule has 1 aromatic carbocycles. The Morgan fingerprint density at radius 3 is 2.86 bits per heavy atom. The van der Waals surface area contributed by atoms with Crippen molar-refractivity contribution in [2.75, 3.05) is 0 Å². The second-order valence-corrected chi connectivity index (χ2v) is 4.23. The van der Waals surface area contributed by atoms with E-state index >= 15 is 0 Å². The van der Waals surface area contributed by atoms with Crippen molar-refractivity contribution in [2.45, 2.75) is 25.7 Å². The number of aryl methyl sites for hydroxylation is 1. The van der Waals surface area contributed by atoms with Gasteiger partial charge in [-0.15, -0.1) is 0 Å². The molecular formula is C13H13N. The first-order valence-corrected chi connectivity index (χ1v) is 5.19. The van der Waals surface area contributed by atoms with Gasteiger partial charge in [-0.3, -0.25) is 4.98 Å². The molecule has 1 nitrogen and oxygen atoms in total. The molecule has 14 heavy (non-hydrogen) atoms. The molecule has 1 aromatic heterocycles. The molecular weight excluding hydrogens is 170 g/mol. The van der Waals surface area contributed by atoms with E-state index < -0.39 is 0 Å². The van der Waals surface area contributed by atoms with Crippen molar-refractivity contribution in [2.24, 2.45) is 0 Å². The first kappa shape index (κ1) is 7.98. The van der Waals surface area contributed by atoms with Crippen molar-refractivity contribution in [3.8, 4) is 0 Å². The predicted octanol–water partition coefficient (Wildman–Crippen LogP) is 3.42. The van der Waals surface area contributed by atoms with Crippen LogP contribution in [0.4, 0.5) is 0 Å². The highest BCUT2D eigenvalue weighted by atomic mass is 14.6. The van der Waals surface area contributed by atoms with Gasteiger partial charge in [-0.05, 0) is 36.6 Å². The lowest BCUT2D eigenvalue weighted by Gasteiger charge is -2.04. The van der Waals surface area contributed by atoms with Crippen LogP contribution in [0.2, 0.25) is 0 Å². The molecule has 0 saturated heterocycles. The third-order valence-corrected chi connectivity index (χ3v) is 2.96. The molecule has 70 valence electrons. The van der Waals surface area contributed by atoms with E-state index in [1.165, 1.54) is 34.7 Å². The van der Waals surface area contributed by atoms with Crippen molar-refractivity contribution in [3.63, 3.8) is 0 Å². The van der Waals surface area contributed by atoms with Gasteiger partial charge in [0.1, 0.15) is 0 Å². The van der Waals surface area contributed by atoms with Crippen LogP contribution in [0.25, 0.3) is 10.8 Å². The maximum atomic E-state index is 4.30. The second kappa shape index (κ2) is 2.81. The lowest BCUT2D eigenvalue weighted by molar-refractivity contribution is 1.12. The molecule has 1 heterocycles. The molecule has 0 aliphatic heterocycles. The first-order chi connectivity index (χ1) is 6.84. The smallest absolute Gasteiger partial charge is 0.0346 e. The zero-order valence-electron chi connectivity index (χ0n) is 8.33. The van der Waals surface area contributed by atoms with E-state index in [9.17, 15) is 0 Å². The summed E-state index contributed by atoms with van der Waals surface area (Å²) in [4.78, 5) is 4.30. The molecule has 3 rings (SSSR count). The number of benzene rings is 1. The van der Waals surface area contributed by atoms with Crippen molar-refractivity contribution in [1.82, 2.24) is 4.98 Å². The summed E-state index contributed by atoms with van der Waals surface area (Å²) >= 11 is 0. The molecule has 2 aromatic rings. The van der Waals surface area contributed by atoms with Gasteiger partial charge in [0.05, 0.1) is 0 Å². The molecule has 0 atom stereocenters. The summed E-state index contributed by atoms with van der Waals surface area (Å²) in [6.45, 7) is 2.15. The molecule has 1 aliphatic carbocycles. The minimum atomic E-state index is 0.785. The largest absolute Gasteiger partial charge is 0.264 e. The highest BCUT2D eigenvalue weighted by Gasteiger charge is 2.25. The molecule has 1 aliphatic rings. The Morgan fingerprint density at radius 1 is 1.21 bits per heavy atom. The Balaban J connectivity index is 2.32. The lowest BCUT2D eigenvalue weighted by Crippen LogP contribution is -1.86. The lowest BCUT2D eigenvalue weighted by atomic mass is 10.0. The SMILES string of the molecule is Cc1ccc2cncc(C3CC3)c2c1. The minimum absolute atomic E-state index is 0.785. The monoisotopic (exact) mass is 183 g/mol. The predicted molar refractivity (Wildman–Crippen MR) is 58.5 cm³/mol. The van der Waals surface area contributed by atoms with Gasteiger partial charge in [-0.1, -0.05) is 23.8 Å². The summed E-state index contributed by atoms with van der Waals surface area (Å²) in [7, 11) is 0. The van der Waals surface area contributed by atoms with Crippen LogP contribution in [0.1, 0.15) is 29.9 Å². The van der Waals surface area contributed by atoms with E-state index in [1.54, 1.807) is 0 Å². The molecule has 0 unspecified atom stereocenters. The van der Waals surface area contributed by atoms with Crippen LogP contribution in [0, 0.1) is 6.92 Å². The van der Waals surface area contributed by atoms with Crippen LogP contribution in [0.3, 0.4) is 0 Å². The number of pyridine rings is 1. The van der Waals surface area contributed by atoms with Gasteiger partial charge in [0.25, 0.3) is 0 Å². The Labute approximate surface area is 83.8 Å². The number of hydrogen-bond acceptors (Lipinski definition) is 1. The second-order valence-electron chi connectivity index (χ2n) is 4.23. The Hall–Kier alpha value is -1.37. The first-order valence-electron chi connectivity index (χ1n) is 5.19. The number of nitrogens with zero attached hydrogens (tertiary/aromatic N) is 1. The van der Waals surface area contributed by atoms with Crippen LogP contribution in [-0.2, 0) is 0 Å². The molecule has 1 heteroatoms. The van der Waals surface area contributed by atoms with Crippen molar-refractivity contribution in [3.05, 3.63) is 41.7 Å². The van der Waals surface area contributed by atoms with E-state index in [0.717, 1.165) is 5.92 Å². The molecule has 0 bridgehead atoms. The summed E-state index contributed by atoms with van der Waals surface area (Å²) < 4.78 is 0. The van der Waals surface area contributed by atoms with Gasteiger partial charge in [0, 0.05) is 17.8 Å². The highest BCUT2D eigenvalue weighted by molar-refractivity contribution is 5.86. The Morgan fingerprint density at radius 2 is 2.07 bits per heavy atom. The Bertz CT molecular complexity index is 484. The van der Waals surface area contributed by atoms with E-state index in [0.29, 0.717) is 0 Å². The fourth-order valence-electron chi connectivity index (χ4n) is 2.02. The van der Waals surface area contributed by atoms with Crippen LogP contribution in [0.5, 0.6) is 0 Å². The van der Waals surface area contributed by atoms with E-state index in [4.69, 9.17) is 0 Å². The maximum absolute atomic E-state index is 4.30. The summed E-state index contributed by atoms with van der Waals surface area (Å²) in [5, 5.41) is 2.68. The third-order valence-electron chi connectivity index (χ3n) is 2.96. The molecule has 1 saturated carbocycles. The maximum Gasteiger partial charge on any atom is 0.0346 e. The van der Waals surface area contributed by atoms with Crippen molar-refractivity contribution >= 4 is 10.8 Å². The number of aromatic nitrogens is 1. The van der Waals surface area contributed by atoms with Gasteiger partial charge in [0.15, 0.2) is 0 Å². The van der Waals surface area contributed by atoms with Gasteiger partial charge in [-0.25, -0.2) is 0 Å². The molecule has 0 amide bonds. The van der Waals surface area contributed by atoms with Crippen LogP contribution in [0.15, 0.2) is 30.6 Å².